The van der Waals surface area contributed by atoms with Gasteiger partial charge in [-0.3, -0.25) is 0 Å². The van der Waals surface area contributed by atoms with Crippen LogP contribution in [0.3, 0.4) is 0 Å². The van der Waals surface area contributed by atoms with Gasteiger partial charge in [-0.05, 0) is 53.6 Å². The molecule has 1 unspecified atom stereocenters. The number of nitrogens with zero attached hydrogens (tertiary/aromatic N) is 3. The van der Waals surface area contributed by atoms with Crippen LogP contribution in [-0.2, 0) is 0 Å². The van der Waals surface area contributed by atoms with Crippen molar-refractivity contribution in [3.8, 4) is 16.8 Å². The van der Waals surface area contributed by atoms with E-state index in [4.69, 9.17) is 14.4 Å². The van der Waals surface area contributed by atoms with Gasteiger partial charge in [-0.15, -0.1) is 11.3 Å². The highest BCUT2D eigenvalue weighted by Gasteiger charge is 2.25. The lowest BCUT2D eigenvalue weighted by molar-refractivity contribution is 0.628. The van der Waals surface area contributed by atoms with Crippen molar-refractivity contribution in [2.24, 2.45) is 9.98 Å². The van der Waals surface area contributed by atoms with E-state index in [0.717, 1.165) is 55.6 Å². The molecule has 0 fully saturated rings. The van der Waals surface area contributed by atoms with Crippen molar-refractivity contribution in [2.75, 3.05) is 0 Å². The molecule has 0 aliphatic carbocycles. The predicted octanol–water partition coefficient (Wildman–Crippen LogP) is 13.2. The van der Waals surface area contributed by atoms with Crippen LogP contribution in [0.4, 0.5) is 0 Å². The largest absolute Gasteiger partial charge is 0.456 e. The fourth-order valence-electron chi connectivity index (χ4n) is 8.67. The van der Waals surface area contributed by atoms with Gasteiger partial charge in [-0.2, -0.15) is 0 Å². The van der Waals surface area contributed by atoms with E-state index in [1.165, 1.54) is 47.7 Å². The smallest absolute Gasteiger partial charge is 0.159 e. The second-order valence-corrected chi connectivity index (χ2v) is 15.6. The molecule has 3 aromatic heterocycles. The maximum Gasteiger partial charge on any atom is 0.159 e. The molecule has 8 aromatic carbocycles. The summed E-state index contributed by atoms with van der Waals surface area (Å²) in [6, 6.07) is 64.3. The molecule has 1 N–H and O–H groups in total. The molecule has 0 saturated carbocycles. The number of thiophene rings is 1. The van der Waals surface area contributed by atoms with Gasteiger partial charge in [0.15, 0.2) is 12.0 Å². The van der Waals surface area contributed by atoms with Crippen molar-refractivity contribution in [1.82, 2.24) is 9.88 Å². The van der Waals surface area contributed by atoms with Crippen molar-refractivity contribution in [3.63, 3.8) is 0 Å². The lowest BCUT2D eigenvalue weighted by Crippen LogP contribution is -2.33. The number of aliphatic imine (C=N–C) groups is 2. The molecule has 1 aliphatic rings. The molecule has 57 heavy (non-hydrogen) atoms. The fourth-order valence-corrected chi connectivity index (χ4v) is 9.79. The molecule has 0 bridgehead atoms. The van der Waals surface area contributed by atoms with E-state index in [2.05, 4.69) is 155 Å². The lowest BCUT2D eigenvalue weighted by Gasteiger charge is -2.23. The fraction of sp³-hybridized carbons (Fsp3) is 0.0196. The highest BCUT2D eigenvalue weighted by molar-refractivity contribution is 7.25. The Labute approximate surface area is 331 Å². The third kappa shape index (κ3) is 5.08. The third-order valence-electron chi connectivity index (χ3n) is 11.3. The number of benzene rings is 8. The summed E-state index contributed by atoms with van der Waals surface area (Å²) in [6.07, 6.45) is -0.401. The van der Waals surface area contributed by atoms with E-state index in [1.54, 1.807) is 0 Å². The molecular formula is C51H32N4OS. The first-order valence-electron chi connectivity index (χ1n) is 19.2. The van der Waals surface area contributed by atoms with Gasteiger partial charge in [-0.1, -0.05) is 140 Å². The average molecular weight is 749 g/mol. The first-order valence-corrected chi connectivity index (χ1v) is 20.0. The molecule has 1 atom stereocenters. The number of fused-ring (bicyclic) bond motifs is 9. The molecule has 11 aromatic rings. The molecular weight excluding hydrogens is 717 g/mol. The standard InChI is InChI=1S/C51H32N4OS/c1-3-13-31(14-4-1)49-52-50(32-15-5-2-6-16-32)54-51(53-49)40-21-11-20-39-47-35(19-12-24-44(47)56-48(39)40)33-25-28-45-41(29-33)38-27-26-34(30-46(38)57-45)55-42-22-9-7-17-36(42)37-18-8-10-23-43(37)55/h1-30,51H,(H,52,53,54). The van der Waals surface area contributed by atoms with Crippen LogP contribution in [0.2, 0.25) is 0 Å². The molecule has 1 aliphatic heterocycles. The van der Waals surface area contributed by atoms with E-state index in [9.17, 15) is 0 Å². The number of nitrogens with one attached hydrogen (secondary N) is 1. The Bertz CT molecular complexity index is 3390. The molecule has 12 rings (SSSR count). The van der Waals surface area contributed by atoms with Crippen molar-refractivity contribution in [1.29, 1.82) is 0 Å². The van der Waals surface area contributed by atoms with E-state index in [-0.39, 0.29) is 0 Å². The summed E-state index contributed by atoms with van der Waals surface area (Å²) in [5, 5.41) is 10.9. The van der Waals surface area contributed by atoms with Crippen LogP contribution < -0.4 is 5.32 Å². The summed E-state index contributed by atoms with van der Waals surface area (Å²) >= 11 is 1.85. The topological polar surface area (TPSA) is 54.8 Å². The first kappa shape index (κ1) is 32.0. The number of rotatable bonds is 5. The van der Waals surface area contributed by atoms with Crippen molar-refractivity contribution < 1.29 is 4.42 Å². The van der Waals surface area contributed by atoms with Gasteiger partial charge in [0.05, 0.1) is 11.0 Å². The Kier molecular flexibility index (Phi) is 7.09. The number of hydrogen-bond donors (Lipinski definition) is 1. The Hall–Kier alpha value is -7.28. The van der Waals surface area contributed by atoms with Crippen LogP contribution >= 0.6 is 11.3 Å². The molecule has 0 radical (unpaired) electrons. The van der Waals surface area contributed by atoms with Gasteiger partial charge in [0.2, 0.25) is 0 Å². The van der Waals surface area contributed by atoms with E-state index < -0.39 is 6.17 Å². The summed E-state index contributed by atoms with van der Waals surface area (Å²) in [6.45, 7) is 0. The molecule has 4 heterocycles. The Morgan fingerprint density at radius 1 is 0.526 bits per heavy atom. The van der Waals surface area contributed by atoms with Crippen LogP contribution in [0.15, 0.2) is 196 Å². The van der Waals surface area contributed by atoms with Gasteiger partial charge in [0.1, 0.15) is 17.0 Å². The second kappa shape index (κ2) is 12.6. The monoisotopic (exact) mass is 748 g/mol. The number of furan rings is 1. The molecule has 6 heteroatoms. The van der Waals surface area contributed by atoms with Crippen molar-refractivity contribution >= 4 is 86.9 Å². The minimum atomic E-state index is -0.401. The van der Waals surface area contributed by atoms with E-state index >= 15 is 0 Å². The highest BCUT2D eigenvalue weighted by atomic mass is 32.1. The van der Waals surface area contributed by atoms with Gasteiger partial charge >= 0.3 is 0 Å². The number of aromatic nitrogens is 1. The summed E-state index contributed by atoms with van der Waals surface area (Å²) in [5.74, 6) is 1.47. The predicted molar refractivity (Wildman–Crippen MR) is 238 cm³/mol. The zero-order valence-corrected chi connectivity index (χ0v) is 31.4. The highest BCUT2D eigenvalue weighted by Crippen LogP contribution is 2.43. The van der Waals surface area contributed by atoms with Crippen LogP contribution in [-0.4, -0.2) is 16.2 Å². The molecule has 0 amide bonds. The third-order valence-corrected chi connectivity index (χ3v) is 12.4. The van der Waals surface area contributed by atoms with E-state index in [1.807, 2.05) is 47.7 Å². The van der Waals surface area contributed by atoms with Gasteiger partial charge in [-0.25, -0.2) is 9.98 Å². The SMILES string of the molecule is c1ccc(C2=NC(c3cccc4c3oc3cccc(-c5ccc6sc7cc(-n8c9ccccc9c9ccccc98)ccc7c6c5)c34)NC(c3ccccc3)=N2)cc1. The number of amidine groups is 2. The Morgan fingerprint density at radius 3 is 2.02 bits per heavy atom. The van der Waals surface area contributed by atoms with Crippen LogP contribution in [0.25, 0.3) is 80.7 Å². The summed E-state index contributed by atoms with van der Waals surface area (Å²) < 4.78 is 11.7. The lowest BCUT2D eigenvalue weighted by atomic mass is 9.97. The second-order valence-electron chi connectivity index (χ2n) is 14.6. The molecule has 5 nitrogen and oxygen atoms in total. The number of hydrogen-bond acceptors (Lipinski definition) is 5. The van der Waals surface area contributed by atoms with Crippen LogP contribution in [0.1, 0.15) is 22.9 Å². The van der Waals surface area contributed by atoms with Crippen LogP contribution in [0, 0.1) is 0 Å². The quantitative estimate of drug-likeness (QED) is 0.191. The maximum atomic E-state index is 6.78. The minimum absolute atomic E-state index is 0.401. The van der Waals surface area contributed by atoms with Gasteiger partial charge in [0.25, 0.3) is 0 Å². The normalized spacial score (nSPS) is 14.5. The summed E-state index contributed by atoms with van der Waals surface area (Å²) in [4.78, 5) is 10.1. The minimum Gasteiger partial charge on any atom is -0.456 e. The maximum absolute atomic E-state index is 6.78. The van der Waals surface area contributed by atoms with Crippen molar-refractivity contribution in [3.05, 3.63) is 199 Å². The first-order chi connectivity index (χ1) is 28.2. The number of para-hydroxylation sites is 3. The average Bonchev–Trinajstić information content (AvgIpc) is 3.96. The molecule has 0 saturated heterocycles. The Balaban J connectivity index is 0.974. The van der Waals surface area contributed by atoms with E-state index in [0.29, 0.717) is 5.84 Å². The summed E-state index contributed by atoms with van der Waals surface area (Å²) in [5.41, 5.74) is 10.5. The molecule has 268 valence electrons. The Morgan fingerprint density at radius 2 is 1.23 bits per heavy atom. The summed E-state index contributed by atoms with van der Waals surface area (Å²) in [7, 11) is 0. The molecule has 0 spiro atoms. The van der Waals surface area contributed by atoms with Gasteiger partial charge < -0.3 is 14.3 Å². The van der Waals surface area contributed by atoms with Crippen molar-refractivity contribution in [2.45, 2.75) is 6.17 Å². The van der Waals surface area contributed by atoms with Gasteiger partial charge in [0, 0.05) is 64.1 Å². The zero-order valence-electron chi connectivity index (χ0n) is 30.6. The zero-order chi connectivity index (χ0) is 37.5. The van der Waals surface area contributed by atoms with Crippen LogP contribution in [0.5, 0.6) is 0 Å².